The highest BCUT2D eigenvalue weighted by atomic mass is 16.5. The molecule has 1 aromatic carbocycles. The highest BCUT2D eigenvalue weighted by molar-refractivity contribution is 5.54. The molecule has 1 saturated heterocycles. The van der Waals surface area contributed by atoms with E-state index in [1.54, 1.807) is 0 Å². The van der Waals surface area contributed by atoms with Crippen LogP contribution in [0.25, 0.3) is 11.5 Å². The van der Waals surface area contributed by atoms with Gasteiger partial charge in [0.15, 0.2) is 0 Å². The third-order valence-corrected chi connectivity index (χ3v) is 4.20. The van der Waals surface area contributed by atoms with Crippen molar-refractivity contribution >= 4 is 5.95 Å². The zero-order valence-corrected chi connectivity index (χ0v) is 13.0. The molecule has 0 aliphatic carbocycles. The molecule has 3 aromatic rings. The van der Waals surface area contributed by atoms with Crippen molar-refractivity contribution in [1.82, 2.24) is 15.1 Å². The van der Waals surface area contributed by atoms with E-state index >= 15 is 0 Å². The highest BCUT2D eigenvalue weighted by Gasteiger charge is 2.30. The van der Waals surface area contributed by atoms with Crippen molar-refractivity contribution in [3.05, 3.63) is 59.9 Å². The molecule has 1 atom stereocenters. The Hall–Kier alpha value is -2.69. The molecule has 3 heterocycles. The molecule has 1 fully saturated rings. The van der Waals surface area contributed by atoms with E-state index in [1.807, 2.05) is 43.3 Å². The number of aryl methyl sites for hydroxylation is 1. The van der Waals surface area contributed by atoms with Crippen LogP contribution in [0, 0.1) is 6.92 Å². The van der Waals surface area contributed by atoms with Crippen LogP contribution < -0.4 is 4.90 Å². The lowest BCUT2D eigenvalue weighted by Gasteiger charge is -2.22. The summed E-state index contributed by atoms with van der Waals surface area (Å²) in [6.07, 6.45) is 2.17. The molecule has 116 valence electrons. The Kier molecular flexibility index (Phi) is 3.54. The number of nitrogens with zero attached hydrogens (tertiary/aromatic N) is 4. The van der Waals surface area contributed by atoms with Crippen LogP contribution >= 0.6 is 0 Å². The van der Waals surface area contributed by atoms with Crippen molar-refractivity contribution in [1.29, 1.82) is 0 Å². The van der Waals surface area contributed by atoms with Gasteiger partial charge in [-0.25, -0.2) is 0 Å². The molecule has 1 aliphatic heterocycles. The highest BCUT2D eigenvalue weighted by Crippen LogP contribution is 2.34. The molecule has 23 heavy (non-hydrogen) atoms. The van der Waals surface area contributed by atoms with Gasteiger partial charge in [-0.3, -0.25) is 4.98 Å². The van der Waals surface area contributed by atoms with Gasteiger partial charge < -0.3 is 9.42 Å². The number of pyridine rings is 1. The minimum absolute atomic E-state index is 0.219. The molecule has 0 N–H and O–H groups in total. The maximum Gasteiger partial charge on any atom is 0.266 e. The summed E-state index contributed by atoms with van der Waals surface area (Å²) in [7, 11) is 0. The van der Waals surface area contributed by atoms with E-state index < -0.39 is 0 Å². The van der Waals surface area contributed by atoms with Crippen molar-refractivity contribution in [3.8, 4) is 11.5 Å². The van der Waals surface area contributed by atoms with Crippen molar-refractivity contribution in [2.75, 3.05) is 11.4 Å². The van der Waals surface area contributed by atoms with Gasteiger partial charge in [-0.05, 0) is 49.2 Å². The molecular weight excluding hydrogens is 288 g/mol. The van der Waals surface area contributed by atoms with E-state index in [0.717, 1.165) is 36.3 Å². The molecule has 5 heteroatoms. The Morgan fingerprint density at radius 3 is 2.74 bits per heavy atom. The third kappa shape index (κ3) is 2.70. The van der Waals surface area contributed by atoms with Crippen molar-refractivity contribution < 1.29 is 4.52 Å². The Labute approximate surface area is 135 Å². The molecule has 0 bridgehead atoms. The summed E-state index contributed by atoms with van der Waals surface area (Å²) in [5.41, 5.74) is 3.05. The maximum absolute atomic E-state index is 5.45. The van der Waals surface area contributed by atoms with Crippen LogP contribution in [0.15, 0.2) is 53.1 Å². The first kappa shape index (κ1) is 13.9. The lowest BCUT2D eigenvalue weighted by atomic mass is 10.1. The van der Waals surface area contributed by atoms with Gasteiger partial charge in [0.1, 0.15) is 0 Å². The average Bonchev–Trinajstić information content (AvgIpc) is 3.25. The second-order valence-electron chi connectivity index (χ2n) is 5.82. The van der Waals surface area contributed by atoms with Crippen LogP contribution in [0.2, 0.25) is 0 Å². The first-order chi connectivity index (χ1) is 11.3. The van der Waals surface area contributed by atoms with Crippen LogP contribution in [0.1, 0.15) is 30.3 Å². The summed E-state index contributed by atoms with van der Waals surface area (Å²) in [6, 6.07) is 16.2. The smallest absolute Gasteiger partial charge is 0.266 e. The minimum atomic E-state index is 0.219. The summed E-state index contributed by atoms with van der Waals surface area (Å²) < 4.78 is 5.45. The number of rotatable bonds is 3. The molecular formula is C18H18N4O. The standard InChI is InChI=1S/C18H18N4O/c1-13-7-5-10-15(19-13)16-11-6-12-22(16)18-20-17(23-21-18)14-8-3-2-4-9-14/h2-5,7-10,16H,6,11-12H2,1H3/t16-/m1/s1. The average molecular weight is 306 g/mol. The Morgan fingerprint density at radius 1 is 1.04 bits per heavy atom. The number of hydrogen-bond donors (Lipinski definition) is 0. The number of aromatic nitrogens is 3. The summed E-state index contributed by atoms with van der Waals surface area (Å²) in [4.78, 5) is 11.4. The van der Waals surface area contributed by atoms with E-state index in [4.69, 9.17) is 4.52 Å². The summed E-state index contributed by atoms with van der Waals surface area (Å²) in [5.74, 6) is 1.21. The van der Waals surface area contributed by atoms with Crippen LogP contribution in [-0.2, 0) is 0 Å². The fourth-order valence-corrected chi connectivity index (χ4v) is 3.09. The topological polar surface area (TPSA) is 55.1 Å². The van der Waals surface area contributed by atoms with Gasteiger partial charge in [-0.1, -0.05) is 24.3 Å². The molecule has 1 aliphatic rings. The molecule has 2 aromatic heterocycles. The van der Waals surface area contributed by atoms with E-state index in [9.17, 15) is 0 Å². The van der Waals surface area contributed by atoms with Gasteiger partial charge >= 0.3 is 0 Å². The third-order valence-electron chi connectivity index (χ3n) is 4.20. The van der Waals surface area contributed by atoms with Gasteiger partial charge in [0.05, 0.1) is 11.7 Å². The molecule has 0 amide bonds. The minimum Gasteiger partial charge on any atom is -0.332 e. The van der Waals surface area contributed by atoms with E-state index in [1.165, 1.54) is 0 Å². The van der Waals surface area contributed by atoms with Crippen LogP contribution in [0.5, 0.6) is 0 Å². The molecule has 0 unspecified atom stereocenters. The summed E-state index contributed by atoms with van der Waals surface area (Å²) in [5, 5.41) is 4.18. The first-order valence-electron chi connectivity index (χ1n) is 7.90. The van der Waals surface area contributed by atoms with E-state index in [2.05, 4.69) is 32.2 Å². The summed E-state index contributed by atoms with van der Waals surface area (Å²) >= 11 is 0. The quantitative estimate of drug-likeness (QED) is 0.737. The first-order valence-corrected chi connectivity index (χ1v) is 7.90. The molecule has 0 spiro atoms. The fraction of sp³-hybridized carbons (Fsp3) is 0.278. The van der Waals surface area contributed by atoms with Crippen LogP contribution in [0.3, 0.4) is 0 Å². The van der Waals surface area contributed by atoms with E-state index in [-0.39, 0.29) is 6.04 Å². The van der Waals surface area contributed by atoms with Crippen molar-refractivity contribution in [3.63, 3.8) is 0 Å². The van der Waals surface area contributed by atoms with Gasteiger partial charge in [0, 0.05) is 17.8 Å². The fourth-order valence-electron chi connectivity index (χ4n) is 3.09. The number of hydrogen-bond acceptors (Lipinski definition) is 5. The molecule has 0 radical (unpaired) electrons. The predicted octanol–water partition coefficient (Wildman–Crippen LogP) is 3.78. The Morgan fingerprint density at radius 2 is 1.91 bits per heavy atom. The number of benzene rings is 1. The normalized spacial score (nSPS) is 17.6. The Bertz CT molecular complexity index is 800. The van der Waals surface area contributed by atoms with Crippen LogP contribution in [-0.4, -0.2) is 21.7 Å². The van der Waals surface area contributed by atoms with Gasteiger partial charge in [0.2, 0.25) is 0 Å². The number of anilines is 1. The van der Waals surface area contributed by atoms with E-state index in [0.29, 0.717) is 11.8 Å². The van der Waals surface area contributed by atoms with Crippen molar-refractivity contribution in [2.24, 2.45) is 0 Å². The van der Waals surface area contributed by atoms with Crippen LogP contribution in [0.4, 0.5) is 5.95 Å². The zero-order chi connectivity index (χ0) is 15.6. The van der Waals surface area contributed by atoms with Gasteiger partial charge in [0.25, 0.3) is 11.8 Å². The SMILES string of the molecule is Cc1cccc([C@H]2CCCN2c2noc(-c3ccccc3)n2)n1. The second-order valence-corrected chi connectivity index (χ2v) is 5.82. The Balaban J connectivity index is 1.63. The lowest BCUT2D eigenvalue weighted by Crippen LogP contribution is -2.24. The lowest BCUT2D eigenvalue weighted by molar-refractivity contribution is 0.428. The summed E-state index contributed by atoms with van der Waals surface area (Å²) in [6.45, 7) is 2.94. The predicted molar refractivity (Wildman–Crippen MR) is 88.0 cm³/mol. The van der Waals surface area contributed by atoms with Gasteiger partial charge in [-0.2, -0.15) is 4.98 Å². The zero-order valence-electron chi connectivity index (χ0n) is 13.0. The van der Waals surface area contributed by atoms with Gasteiger partial charge in [-0.15, -0.1) is 0 Å². The van der Waals surface area contributed by atoms with Crippen molar-refractivity contribution in [2.45, 2.75) is 25.8 Å². The molecule has 5 nitrogen and oxygen atoms in total. The second kappa shape index (κ2) is 5.83. The monoisotopic (exact) mass is 306 g/mol. The molecule has 0 saturated carbocycles. The molecule has 4 rings (SSSR count). The largest absolute Gasteiger partial charge is 0.332 e. The maximum atomic E-state index is 5.45.